The zero-order valence-electron chi connectivity index (χ0n) is 41.7. The molecule has 0 radical (unpaired) electrons. The van der Waals surface area contributed by atoms with Gasteiger partial charge in [-0.15, -0.1) is 0 Å². The maximum Gasteiger partial charge on any atom is 0.252 e. The smallest absolute Gasteiger partial charge is 0.252 e. The highest BCUT2D eigenvalue weighted by atomic mass is 15.2. The lowest BCUT2D eigenvalue weighted by Gasteiger charge is -2.51. The normalized spacial score (nSPS) is 15.8. The summed E-state index contributed by atoms with van der Waals surface area (Å²) >= 11 is 0. The molecule has 0 saturated carbocycles. The summed E-state index contributed by atoms with van der Waals surface area (Å²) in [5, 5.41) is 2.64. The van der Waals surface area contributed by atoms with Crippen LogP contribution in [0.1, 0.15) is 88.6 Å². The van der Waals surface area contributed by atoms with E-state index in [0.717, 1.165) is 45.3 Å². The van der Waals surface area contributed by atoms with Crippen molar-refractivity contribution in [2.24, 2.45) is 0 Å². The van der Waals surface area contributed by atoms with Gasteiger partial charge in [0.2, 0.25) is 0 Å². The highest BCUT2D eigenvalue weighted by Gasteiger charge is 2.49. The van der Waals surface area contributed by atoms with Gasteiger partial charge in [0.1, 0.15) is 0 Å². The van der Waals surface area contributed by atoms with Gasteiger partial charge in [-0.1, -0.05) is 157 Å². The van der Waals surface area contributed by atoms with E-state index < -0.39 is 0 Å². The summed E-state index contributed by atoms with van der Waals surface area (Å²) in [6.45, 7) is 17.4. The molecule has 5 heteroatoms. The van der Waals surface area contributed by atoms with Crippen LogP contribution in [0.5, 0.6) is 0 Å². The second-order valence-electron chi connectivity index (χ2n) is 23.0. The van der Waals surface area contributed by atoms with Crippen LogP contribution in [0.2, 0.25) is 0 Å². The molecule has 70 heavy (non-hydrogen) atoms. The van der Waals surface area contributed by atoms with Gasteiger partial charge in [-0.25, -0.2) is 0 Å². The van der Waals surface area contributed by atoms with Gasteiger partial charge in [0.25, 0.3) is 6.71 Å². The van der Waals surface area contributed by atoms with Gasteiger partial charge in [0, 0.05) is 75.7 Å². The summed E-state index contributed by atoms with van der Waals surface area (Å²) in [5.74, 6) is 0. The highest BCUT2D eigenvalue weighted by Crippen LogP contribution is 2.55. The Bertz CT molecular complexity index is 3500. The van der Waals surface area contributed by atoms with E-state index in [2.05, 4.69) is 212 Å². The Morgan fingerprint density at radius 3 is 1.66 bits per heavy atom. The standard InChI is InChI=1S/C65H61BN4/c1-64(2,3)44-29-33-55-51(38-44)52-39-45(65(4,5)6)30-34-56(52)69(55)46-31-32-53-57(40-46)70(61-47(41-18-9-7-10-19-41)24-14-25-48(61)42-20-11-8-12-21-42)63-50-27-17-36-67-35-16-26-49(60(50)67)62-58(63)66(53)54-28-13-22-43-23-15-37-68(62)59(43)54/h7-14,18-22,24-25,28-34,38-40H,15-17,23,26-27,35-37H2,1-6H3. The minimum Gasteiger partial charge on any atom is -0.371 e. The fourth-order valence-corrected chi connectivity index (χ4v) is 13.6. The van der Waals surface area contributed by atoms with Crippen LogP contribution >= 0.6 is 0 Å². The number of para-hydroxylation sites is 2. The first-order chi connectivity index (χ1) is 34.0. The van der Waals surface area contributed by atoms with Crippen molar-refractivity contribution in [1.29, 1.82) is 0 Å². The number of benzene rings is 8. The number of hydrogen-bond donors (Lipinski definition) is 0. The molecular weight excluding hydrogens is 848 g/mol. The molecule has 0 fully saturated rings. The molecule has 0 spiro atoms. The number of rotatable bonds is 4. The van der Waals surface area contributed by atoms with E-state index in [4.69, 9.17) is 0 Å². The topological polar surface area (TPSA) is 14.7 Å². The largest absolute Gasteiger partial charge is 0.371 e. The van der Waals surface area contributed by atoms with Crippen LogP contribution in [0, 0.1) is 0 Å². The van der Waals surface area contributed by atoms with E-state index in [1.807, 2.05) is 0 Å². The molecule has 5 aliphatic heterocycles. The molecule has 1 aromatic heterocycles. The van der Waals surface area contributed by atoms with Gasteiger partial charge in [-0.2, -0.15) is 0 Å². The second kappa shape index (κ2) is 15.3. The maximum absolute atomic E-state index is 2.81. The van der Waals surface area contributed by atoms with E-state index in [9.17, 15) is 0 Å². The Hall–Kier alpha value is -6.98. The van der Waals surface area contributed by atoms with E-state index >= 15 is 0 Å². The summed E-state index contributed by atoms with van der Waals surface area (Å²) in [6, 6.07) is 58.8. The molecular formula is C65H61BN4. The molecule has 6 heterocycles. The fourth-order valence-electron chi connectivity index (χ4n) is 13.6. The summed E-state index contributed by atoms with van der Waals surface area (Å²) in [6.07, 6.45) is 6.87. The van der Waals surface area contributed by atoms with Gasteiger partial charge in [-0.05, 0) is 141 Å². The fraction of sp³-hybridized carbons (Fsp3) is 0.262. The van der Waals surface area contributed by atoms with E-state index in [1.165, 1.54) is 130 Å². The SMILES string of the molecule is CC(C)(C)c1ccc2c(c1)c1cc(C(C)(C)C)ccc1n2-c1ccc2c(c1)N(c1c(-c3ccccc3)cccc1-c1ccccc1)c1c3c4c(c5c1B2c1cccc2c1N5CCC2)CCCN4CCC3. The minimum absolute atomic E-state index is 0.0205. The molecule has 0 amide bonds. The molecule has 0 aliphatic carbocycles. The van der Waals surface area contributed by atoms with Gasteiger partial charge in [0.15, 0.2) is 0 Å². The number of aromatic nitrogens is 1. The summed E-state index contributed by atoms with van der Waals surface area (Å²) in [4.78, 5) is 8.41. The van der Waals surface area contributed by atoms with Crippen molar-refractivity contribution in [3.05, 3.63) is 179 Å². The Morgan fingerprint density at radius 2 is 1.04 bits per heavy atom. The predicted molar refractivity (Wildman–Crippen MR) is 299 cm³/mol. The van der Waals surface area contributed by atoms with Crippen molar-refractivity contribution < 1.29 is 0 Å². The lowest BCUT2D eigenvalue weighted by atomic mass is 9.32. The van der Waals surface area contributed by atoms with Gasteiger partial charge in [0.05, 0.1) is 16.7 Å². The van der Waals surface area contributed by atoms with Crippen LogP contribution in [0.3, 0.4) is 0 Å². The number of anilines is 6. The molecule has 4 nitrogen and oxygen atoms in total. The number of hydrogen-bond acceptors (Lipinski definition) is 3. The Morgan fingerprint density at radius 1 is 0.457 bits per heavy atom. The van der Waals surface area contributed by atoms with Crippen molar-refractivity contribution in [2.45, 2.75) is 90.9 Å². The average molecular weight is 909 g/mol. The van der Waals surface area contributed by atoms with Crippen molar-refractivity contribution in [3.8, 4) is 27.9 Å². The third-order valence-corrected chi connectivity index (χ3v) is 16.8. The molecule has 0 atom stereocenters. The quantitative estimate of drug-likeness (QED) is 0.164. The van der Waals surface area contributed by atoms with Crippen molar-refractivity contribution in [1.82, 2.24) is 4.57 Å². The average Bonchev–Trinajstić information content (AvgIpc) is 3.71. The van der Waals surface area contributed by atoms with Gasteiger partial charge in [-0.3, -0.25) is 0 Å². The zero-order valence-corrected chi connectivity index (χ0v) is 41.7. The summed E-state index contributed by atoms with van der Waals surface area (Å²) < 4.78 is 2.58. The third-order valence-electron chi connectivity index (χ3n) is 16.8. The first-order valence-electron chi connectivity index (χ1n) is 26.2. The van der Waals surface area contributed by atoms with Crippen LogP contribution < -0.4 is 31.1 Å². The lowest BCUT2D eigenvalue weighted by Crippen LogP contribution is -2.63. The monoisotopic (exact) mass is 908 g/mol. The van der Waals surface area contributed by atoms with Gasteiger partial charge >= 0.3 is 0 Å². The Balaban J connectivity index is 1.14. The molecule has 14 rings (SSSR count). The number of fused-ring (bicyclic) bond motifs is 9. The zero-order chi connectivity index (χ0) is 47.2. The van der Waals surface area contributed by atoms with Crippen molar-refractivity contribution in [3.63, 3.8) is 0 Å². The number of aryl methyl sites for hydroxylation is 1. The van der Waals surface area contributed by atoms with Crippen LogP contribution in [0.15, 0.2) is 152 Å². The molecule has 0 bridgehead atoms. The van der Waals surface area contributed by atoms with Crippen LogP contribution in [0.4, 0.5) is 34.1 Å². The Kier molecular flexibility index (Phi) is 9.15. The van der Waals surface area contributed by atoms with Crippen molar-refractivity contribution >= 4 is 79.0 Å². The highest BCUT2D eigenvalue weighted by molar-refractivity contribution is 7.00. The minimum atomic E-state index is 0.0205. The molecule has 0 saturated heterocycles. The van der Waals surface area contributed by atoms with E-state index in [1.54, 1.807) is 11.1 Å². The summed E-state index contributed by atoms with van der Waals surface area (Å²) in [5.41, 5.74) is 28.9. The second-order valence-corrected chi connectivity index (χ2v) is 23.0. The van der Waals surface area contributed by atoms with Crippen LogP contribution in [-0.2, 0) is 30.1 Å². The van der Waals surface area contributed by atoms with Crippen LogP contribution in [-0.4, -0.2) is 30.9 Å². The van der Waals surface area contributed by atoms with Gasteiger partial charge < -0.3 is 19.3 Å². The van der Waals surface area contributed by atoms with E-state index in [-0.39, 0.29) is 17.5 Å². The number of nitrogens with zero attached hydrogens (tertiary/aromatic N) is 4. The van der Waals surface area contributed by atoms with Crippen LogP contribution in [0.25, 0.3) is 49.7 Å². The molecule has 344 valence electrons. The molecule has 5 aliphatic rings. The predicted octanol–water partition coefficient (Wildman–Crippen LogP) is 14.1. The first-order valence-corrected chi connectivity index (χ1v) is 26.2. The molecule has 0 N–H and O–H groups in total. The molecule has 9 aromatic rings. The third kappa shape index (κ3) is 6.09. The summed E-state index contributed by atoms with van der Waals surface area (Å²) in [7, 11) is 0. The Labute approximate surface area is 414 Å². The van der Waals surface area contributed by atoms with Crippen molar-refractivity contribution in [2.75, 3.05) is 34.3 Å². The lowest BCUT2D eigenvalue weighted by molar-refractivity contribution is 0.590. The first kappa shape index (κ1) is 42.0. The maximum atomic E-state index is 2.81. The molecule has 0 unspecified atom stereocenters. The van der Waals surface area contributed by atoms with E-state index in [0.29, 0.717) is 0 Å². The molecule has 8 aromatic carbocycles.